The third kappa shape index (κ3) is 5.96. The molecule has 23 heavy (non-hydrogen) atoms. The number of hydrogen-bond donors (Lipinski definition) is 2. The van der Waals surface area contributed by atoms with Gasteiger partial charge in [0, 0.05) is 5.69 Å². The zero-order valence-corrected chi connectivity index (χ0v) is 14.8. The van der Waals surface area contributed by atoms with Crippen LogP contribution >= 0.6 is 0 Å². The molecular weight excluding hydrogens is 286 g/mol. The van der Waals surface area contributed by atoms with E-state index in [0.717, 1.165) is 37.8 Å². The number of carbonyl (C=O) groups excluding carboxylic acids is 1. The number of hydrogen-bond acceptors (Lipinski definition) is 3. The predicted octanol–water partition coefficient (Wildman–Crippen LogP) is 3.07. The van der Waals surface area contributed by atoms with Gasteiger partial charge in [0.25, 0.3) is 0 Å². The molecule has 1 aliphatic rings. The molecule has 0 atom stereocenters. The van der Waals surface area contributed by atoms with Gasteiger partial charge in [0.2, 0.25) is 5.91 Å². The smallest absolute Gasteiger partial charge is 0.238 e. The lowest BCUT2D eigenvalue weighted by Gasteiger charge is -2.31. The summed E-state index contributed by atoms with van der Waals surface area (Å²) < 4.78 is 0. The fraction of sp³-hybridized carbons (Fsp3) is 0.632. The van der Waals surface area contributed by atoms with Crippen LogP contribution in [-0.2, 0) is 4.79 Å². The minimum absolute atomic E-state index is 0.0902. The predicted molar refractivity (Wildman–Crippen MR) is 96.9 cm³/mol. The zero-order chi connectivity index (χ0) is 16.7. The van der Waals surface area contributed by atoms with E-state index >= 15 is 0 Å². The highest BCUT2D eigenvalue weighted by molar-refractivity contribution is 5.92. The summed E-state index contributed by atoms with van der Waals surface area (Å²) in [7, 11) is 0. The summed E-state index contributed by atoms with van der Waals surface area (Å²) in [6.07, 6.45) is 2.37. The van der Waals surface area contributed by atoms with Crippen LogP contribution in [0.5, 0.6) is 0 Å². The fourth-order valence-corrected chi connectivity index (χ4v) is 3.05. The van der Waals surface area contributed by atoms with Gasteiger partial charge >= 0.3 is 0 Å². The number of likely N-dealkylation sites (tertiary alicyclic amines) is 1. The van der Waals surface area contributed by atoms with Gasteiger partial charge in [-0.2, -0.15) is 0 Å². The molecule has 1 heterocycles. The topological polar surface area (TPSA) is 44.4 Å². The molecule has 0 bridgehead atoms. The number of anilines is 1. The Bertz CT molecular complexity index is 476. The number of carbonyl (C=O) groups is 1. The van der Waals surface area contributed by atoms with Crippen LogP contribution in [-0.4, -0.2) is 43.5 Å². The highest BCUT2D eigenvalue weighted by Gasteiger charge is 2.20. The van der Waals surface area contributed by atoms with E-state index in [0.29, 0.717) is 12.5 Å². The number of rotatable bonds is 7. The summed E-state index contributed by atoms with van der Waals surface area (Å²) in [5.41, 5.74) is 2.19. The molecule has 0 saturated carbocycles. The van der Waals surface area contributed by atoms with Crippen LogP contribution in [0.25, 0.3) is 0 Å². The third-order valence-electron chi connectivity index (χ3n) is 4.62. The summed E-state index contributed by atoms with van der Waals surface area (Å²) >= 11 is 0. The highest BCUT2D eigenvalue weighted by atomic mass is 16.2. The Morgan fingerprint density at radius 1 is 1.22 bits per heavy atom. The van der Waals surface area contributed by atoms with E-state index in [9.17, 15) is 4.79 Å². The van der Waals surface area contributed by atoms with Gasteiger partial charge in [-0.15, -0.1) is 0 Å². The minimum atomic E-state index is 0.0902. The molecule has 128 valence electrons. The van der Waals surface area contributed by atoms with Crippen molar-refractivity contribution >= 4 is 11.6 Å². The first-order chi connectivity index (χ1) is 11.1. The molecule has 0 aliphatic carbocycles. The van der Waals surface area contributed by atoms with Crippen molar-refractivity contribution in [1.82, 2.24) is 10.2 Å². The maximum Gasteiger partial charge on any atom is 0.238 e. The molecule has 4 nitrogen and oxygen atoms in total. The summed E-state index contributed by atoms with van der Waals surface area (Å²) in [4.78, 5) is 14.5. The summed E-state index contributed by atoms with van der Waals surface area (Å²) in [5.74, 6) is 1.37. The van der Waals surface area contributed by atoms with Crippen LogP contribution in [0, 0.1) is 5.92 Å². The van der Waals surface area contributed by atoms with Crippen LogP contribution < -0.4 is 10.6 Å². The van der Waals surface area contributed by atoms with Crippen molar-refractivity contribution in [2.24, 2.45) is 5.92 Å². The molecule has 1 aromatic rings. The fourth-order valence-electron chi connectivity index (χ4n) is 3.05. The standard InChI is InChI=1S/C19H31N3O/c1-4-20-13-16-9-11-22(12-10-16)14-19(23)21-18-7-5-17(6-8-18)15(2)3/h5-8,15-16,20H,4,9-14H2,1-3H3,(H,21,23). The number of amides is 1. The van der Waals surface area contributed by atoms with Crippen LogP contribution in [0.1, 0.15) is 45.1 Å². The van der Waals surface area contributed by atoms with E-state index in [2.05, 4.69) is 48.4 Å². The van der Waals surface area contributed by atoms with Gasteiger partial charge in [-0.3, -0.25) is 9.69 Å². The van der Waals surface area contributed by atoms with E-state index in [4.69, 9.17) is 0 Å². The maximum atomic E-state index is 12.2. The van der Waals surface area contributed by atoms with Crippen molar-refractivity contribution in [3.8, 4) is 0 Å². The van der Waals surface area contributed by atoms with Crippen LogP contribution in [0.3, 0.4) is 0 Å². The first-order valence-corrected chi connectivity index (χ1v) is 8.91. The van der Waals surface area contributed by atoms with Crippen molar-refractivity contribution < 1.29 is 4.79 Å². The average molecular weight is 317 g/mol. The van der Waals surface area contributed by atoms with Crippen molar-refractivity contribution in [3.05, 3.63) is 29.8 Å². The lowest BCUT2D eigenvalue weighted by molar-refractivity contribution is -0.117. The summed E-state index contributed by atoms with van der Waals surface area (Å²) in [6, 6.07) is 8.17. The van der Waals surface area contributed by atoms with Gasteiger partial charge in [-0.25, -0.2) is 0 Å². The van der Waals surface area contributed by atoms with Gasteiger partial charge in [0.1, 0.15) is 0 Å². The minimum Gasteiger partial charge on any atom is -0.325 e. The largest absolute Gasteiger partial charge is 0.325 e. The number of nitrogens with zero attached hydrogens (tertiary/aromatic N) is 1. The molecule has 4 heteroatoms. The van der Waals surface area contributed by atoms with Gasteiger partial charge in [-0.05, 0) is 68.6 Å². The van der Waals surface area contributed by atoms with Gasteiger partial charge in [0.05, 0.1) is 6.54 Å². The molecule has 1 aromatic carbocycles. The van der Waals surface area contributed by atoms with Gasteiger partial charge in [0.15, 0.2) is 0 Å². The second-order valence-corrected chi connectivity index (χ2v) is 6.85. The molecule has 1 aliphatic heterocycles. The molecule has 0 radical (unpaired) electrons. The Morgan fingerprint density at radius 3 is 2.43 bits per heavy atom. The van der Waals surface area contributed by atoms with E-state index in [1.54, 1.807) is 0 Å². The molecule has 1 saturated heterocycles. The highest BCUT2D eigenvalue weighted by Crippen LogP contribution is 2.18. The Morgan fingerprint density at radius 2 is 1.87 bits per heavy atom. The Labute approximate surface area is 140 Å². The van der Waals surface area contributed by atoms with E-state index in [1.165, 1.54) is 18.4 Å². The third-order valence-corrected chi connectivity index (χ3v) is 4.62. The van der Waals surface area contributed by atoms with E-state index in [-0.39, 0.29) is 5.91 Å². The molecule has 1 fully saturated rings. The molecular formula is C19H31N3O. The zero-order valence-electron chi connectivity index (χ0n) is 14.8. The van der Waals surface area contributed by atoms with E-state index < -0.39 is 0 Å². The lowest BCUT2D eigenvalue weighted by atomic mass is 9.97. The average Bonchev–Trinajstić information content (AvgIpc) is 2.54. The maximum absolute atomic E-state index is 12.2. The van der Waals surface area contributed by atoms with Crippen LogP contribution in [0.2, 0.25) is 0 Å². The number of benzene rings is 1. The number of piperidine rings is 1. The molecule has 0 unspecified atom stereocenters. The molecule has 2 N–H and O–H groups in total. The van der Waals surface area contributed by atoms with Crippen molar-refractivity contribution in [1.29, 1.82) is 0 Å². The Hall–Kier alpha value is -1.39. The molecule has 0 spiro atoms. The lowest BCUT2D eigenvalue weighted by Crippen LogP contribution is -2.41. The van der Waals surface area contributed by atoms with Crippen molar-refractivity contribution in [3.63, 3.8) is 0 Å². The van der Waals surface area contributed by atoms with Crippen molar-refractivity contribution in [2.45, 2.75) is 39.5 Å². The second kappa shape index (κ2) is 9.04. The second-order valence-electron chi connectivity index (χ2n) is 6.85. The first-order valence-electron chi connectivity index (χ1n) is 8.91. The summed E-state index contributed by atoms with van der Waals surface area (Å²) in [6.45, 7) is 11.2. The van der Waals surface area contributed by atoms with Crippen LogP contribution in [0.15, 0.2) is 24.3 Å². The van der Waals surface area contributed by atoms with Crippen LogP contribution in [0.4, 0.5) is 5.69 Å². The molecule has 0 aromatic heterocycles. The van der Waals surface area contributed by atoms with Gasteiger partial charge in [-0.1, -0.05) is 32.9 Å². The Kier molecular flexibility index (Phi) is 7.06. The summed E-state index contributed by atoms with van der Waals surface area (Å²) in [5, 5.41) is 6.43. The van der Waals surface area contributed by atoms with Crippen molar-refractivity contribution in [2.75, 3.05) is 38.0 Å². The van der Waals surface area contributed by atoms with Gasteiger partial charge < -0.3 is 10.6 Å². The quantitative estimate of drug-likeness (QED) is 0.812. The van der Waals surface area contributed by atoms with E-state index in [1.807, 2.05) is 12.1 Å². The Balaban J connectivity index is 1.73. The normalized spacial score (nSPS) is 16.7. The SMILES string of the molecule is CCNCC1CCN(CC(=O)Nc2ccc(C(C)C)cc2)CC1. The monoisotopic (exact) mass is 317 g/mol. The molecule has 1 amide bonds. The molecule has 2 rings (SSSR count). The first kappa shape index (κ1) is 18.0. The number of nitrogens with one attached hydrogen (secondary N) is 2.